The van der Waals surface area contributed by atoms with Crippen molar-refractivity contribution >= 4 is 46.7 Å². The van der Waals surface area contributed by atoms with E-state index in [-0.39, 0.29) is 17.9 Å². The van der Waals surface area contributed by atoms with Gasteiger partial charge in [-0.1, -0.05) is 23.8 Å². The Morgan fingerprint density at radius 3 is 2.72 bits per heavy atom. The number of likely N-dealkylation sites (tertiary alicyclic amines) is 1. The minimum absolute atomic E-state index is 0.0193. The molecule has 6 bridgehead atoms. The zero-order chi connectivity index (χ0) is 27.6. The van der Waals surface area contributed by atoms with Gasteiger partial charge in [0.2, 0.25) is 11.9 Å². The second kappa shape index (κ2) is 11.3. The molecule has 9 nitrogen and oxygen atoms in total. The highest BCUT2D eigenvalue weighted by atomic mass is 35.5. The molecule has 10 heteroatoms. The number of aromatic nitrogens is 2. The fraction of sp³-hybridized carbons (Fsp3) is 0.448. The molecule has 0 saturated carbocycles. The molecule has 3 aliphatic rings. The first-order chi connectivity index (χ1) is 18.6. The van der Waals surface area contributed by atoms with Gasteiger partial charge in [-0.05, 0) is 88.6 Å². The molecule has 1 aliphatic carbocycles. The summed E-state index contributed by atoms with van der Waals surface area (Å²) >= 11 is 6.39. The molecule has 1 saturated heterocycles. The van der Waals surface area contributed by atoms with Crippen molar-refractivity contribution in [2.24, 2.45) is 11.8 Å². The number of allylic oxidation sites excluding steroid dienone is 4. The molecule has 1 unspecified atom stereocenters. The van der Waals surface area contributed by atoms with Crippen LogP contribution in [0.3, 0.4) is 0 Å². The van der Waals surface area contributed by atoms with Crippen molar-refractivity contribution in [1.29, 1.82) is 0 Å². The summed E-state index contributed by atoms with van der Waals surface area (Å²) in [7, 11) is 0. The molecule has 5 rings (SSSR count). The Hall–Kier alpha value is -3.59. The highest BCUT2D eigenvalue weighted by Crippen LogP contribution is 2.32. The third kappa shape index (κ3) is 6.89. The Kier molecular flexibility index (Phi) is 7.79. The van der Waals surface area contributed by atoms with Crippen LogP contribution >= 0.6 is 11.6 Å². The minimum Gasteiger partial charge on any atom is -0.444 e. The second-order valence-corrected chi connectivity index (χ2v) is 11.7. The van der Waals surface area contributed by atoms with Crippen molar-refractivity contribution < 1.29 is 14.3 Å². The maximum Gasteiger partial charge on any atom is 0.410 e. The monoisotopic (exact) mass is 550 g/mol. The number of ether oxygens (including phenoxy) is 1. The number of carbonyl (C=O) groups is 2. The van der Waals surface area contributed by atoms with Gasteiger partial charge in [0.25, 0.3) is 0 Å². The summed E-state index contributed by atoms with van der Waals surface area (Å²) in [5.41, 5.74) is 3.19. The Morgan fingerprint density at radius 2 is 1.95 bits per heavy atom. The molecule has 39 heavy (non-hydrogen) atoms. The number of hydrogen-bond acceptors (Lipinski definition) is 7. The highest BCUT2D eigenvalue weighted by Gasteiger charge is 2.30. The van der Waals surface area contributed by atoms with E-state index in [2.05, 4.69) is 38.1 Å². The molecule has 0 spiro atoms. The lowest BCUT2D eigenvalue weighted by molar-refractivity contribution is -0.121. The number of rotatable bonds is 2. The van der Waals surface area contributed by atoms with Gasteiger partial charge in [0.15, 0.2) is 5.82 Å². The van der Waals surface area contributed by atoms with E-state index in [1.807, 2.05) is 45.0 Å². The second-order valence-electron chi connectivity index (χ2n) is 11.3. The van der Waals surface area contributed by atoms with E-state index in [1.54, 1.807) is 11.1 Å². The molecule has 3 heterocycles. The number of aryl methyl sites for hydroxylation is 1. The molecule has 2 amide bonds. The van der Waals surface area contributed by atoms with Crippen LogP contribution in [0.25, 0.3) is 0 Å². The Labute approximate surface area is 234 Å². The van der Waals surface area contributed by atoms with Crippen molar-refractivity contribution in [3.05, 3.63) is 58.9 Å². The molecule has 3 N–H and O–H groups in total. The third-order valence-corrected chi connectivity index (χ3v) is 7.38. The van der Waals surface area contributed by atoms with Gasteiger partial charge in [-0.25, -0.2) is 9.78 Å². The van der Waals surface area contributed by atoms with Crippen molar-refractivity contribution in [2.75, 3.05) is 29.0 Å². The maximum absolute atomic E-state index is 13.3. The third-order valence-electron chi connectivity index (χ3n) is 7.11. The zero-order valence-electron chi connectivity index (χ0n) is 22.6. The van der Waals surface area contributed by atoms with Gasteiger partial charge in [0.05, 0.1) is 6.20 Å². The van der Waals surface area contributed by atoms with Gasteiger partial charge in [0, 0.05) is 36.1 Å². The lowest BCUT2D eigenvalue weighted by Crippen LogP contribution is -2.43. The maximum atomic E-state index is 13.3. The number of benzene rings is 1. The standard InChI is InChI=1S/C29H35ClN6O3/c1-29(2,3)39-28(38)36-13-11-19(12-14-36)26(37)34-24-10-9-22-16-20(24)8-7-18-5-4-6-21(15-18)33-27-31-17-23(30)25(32-22)35-27/h4-6,9-10,16-19H,7-8,11-15H2,1-3H3,(H,34,37)(H2,31,32,33,35). The van der Waals surface area contributed by atoms with Crippen LogP contribution < -0.4 is 16.0 Å². The van der Waals surface area contributed by atoms with Crippen LogP contribution in [0.2, 0.25) is 5.02 Å². The zero-order valence-corrected chi connectivity index (χ0v) is 23.3. The highest BCUT2D eigenvalue weighted by molar-refractivity contribution is 6.32. The number of piperidine rings is 1. The van der Waals surface area contributed by atoms with Crippen LogP contribution in [0.1, 0.15) is 52.0 Å². The number of nitrogens with zero attached hydrogens (tertiary/aromatic N) is 3. The number of fused-ring (bicyclic) bond motifs is 6. The Balaban J connectivity index is 1.31. The number of hydrogen-bond donors (Lipinski definition) is 3. The van der Waals surface area contributed by atoms with Gasteiger partial charge < -0.3 is 25.6 Å². The Morgan fingerprint density at radius 1 is 1.15 bits per heavy atom. The quantitative estimate of drug-likeness (QED) is 0.404. The van der Waals surface area contributed by atoms with E-state index >= 15 is 0 Å². The summed E-state index contributed by atoms with van der Waals surface area (Å²) in [6.07, 6.45) is 11.4. The summed E-state index contributed by atoms with van der Waals surface area (Å²) in [6.45, 7) is 6.57. The first-order valence-corrected chi connectivity index (χ1v) is 13.9. The number of anilines is 4. The predicted octanol–water partition coefficient (Wildman–Crippen LogP) is 6.28. The van der Waals surface area contributed by atoms with Crippen molar-refractivity contribution in [3.63, 3.8) is 0 Å². The molecular formula is C29H35ClN6O3. The number of nitrogens with one attached hydrogen (secondary N) is 3. The topological polar surface area (TPSA) is 108 Å². The Bertz CT molecular complexity index is 1310. The molecule has 2 aliphatic heterocycles. The lowest BCUT2D eigenvalue weighted by atomic mass is 9.91. The first kappa shape index (κ1) is 27.0. The van der Waals surface area contributed by atoms with Crippen molar-refractivity contribution in [3.8, 4) is 0 Å². The molecule has 0 radical (unpaired) electrons. The van der Waals surface area contributed by atoms with Gasteiger partial charge >= 0.3 is 6.09 Å². The van der Waals surface area contributed by atoms with E-state index in [0.29, 0.717) is 48.6 Å². The molecule has 206 valence electrons. The van der Waals surface area contributed by atoms with E-state index < -0.39 is 5.60 Å². The summed E-state index contributed by atoms with van der Waals surface area (Å²) in [5, 5.41) is 10.2. The van der Waals surface area contributed by atoms with Crippen LogP contribution in [0, 0.1) is 11.8 Å². The lowest BCUT2D eigenvalue weighted by Gasteiger charge is -2.33. The molecule has 1 atom stereocenters. The first-order valence-electron chi connectivity index (χ1n) is 13.5. The van der Waals surface area contributed by atoms with Gasteiger partial charge in [-0.2, -0.15) is 4.98 Å². The number of carbonyl (C=O) groups excluding carboxylic acids is 2. The molecule has 2 aromatic rings. The molecule has 1 aromatic carbocycles. The minimum atomic E-state index is -0.538. The normalized spacial score (nSPS) is 19.3. The fourth-order valence-electron chi connectivity index (χ4n) is 5.06. The average Bonchev–Trinajstić information content (AvgIpc) is 2.90. The molecular weight excluding hydrogens is 516 g/mol. The molecule has 1 fully saturated rings. The van der Waals surface area contributed by atoms with Gasteiger partial charge in [-0.3, -0.25) is 4.79 Å². The van der Waals surface area contributed by atoms with Crippen LogP contribution in [-0.2, 0) is 16.0 Å². The summed E-state index contributed by atoms with van der Waals surface area (Å²) in [6, 6.07) is 5.89. The predicted molar refractivity (Wildman–Crippen MR) is 153 cm³/mol. The van der Waals surface area contributed by atoms with E-state index in [9.17, 15) is 9.59 Å². The van der Waals surface area contributed by atoms with Crippen molar-refractivity contribution in [2.45, 2.75) is 58.5 Å². The van der Waals surface area contributed by atoms with Crippen LogP contribution in [0.15, 0.2) is 48.3 Å². The molecule has 1 aromatic heterocycles. The van der Waals surface area contributed by atoms with Gasteiger partial charge in [0.1, 0.15) is 10.6 Å². The van der Waals surface area contributed by atoms with Crippen LogP contribution in [0.4, 0.5) is 27.9 Å². The smallest absolute Gasteiger partial charge is 0.410 e. The van der Waals surface area contributed by atoms with Crippen LogP contribution in [-0.4, -0.2) is 45.6 Å². The summed E-state index contributed by atoms with van der Waals surface area (Å²) < 4.78 is 5.48. The van der Waals surface area contributed by atoms with E-state index in [0.717, 1.165) is 41.9 Å². The van der Waals surface area contributed by atoms with Gasteiger partial charge in [-0.15, -0.1) is 0 Å². The summed E-state index contributed by atoms with van der Waals surface area (Å²) in [4.78, 5) is 36.3. The van der Waals surface area contributed by atoms with Crippen molar-refractivity contribution in [1.82, 2.24) is 14.9 Å². The van der Waals surface area contributed by atoms with E-state index in [4.69, 9.17) is 16.3 Å². The number of halogens is 1. The number of amides is 2. The fourth-order valence-corrected chi connectivity index (χ4v) is 5.20. The van der Waals surface area contributed by atoms with E-state index in [1.165, 1.54) is 0 Å². The summed E-state index contributed by atoms with van der Waals surface area (Å²) in [5.74, 6) is 1.16. The largest absolute Gasteiger partial charge is 0.444 e. The SMILES string of the molecule is CC(C)(C)OC(=O)N1CCC(C(=O)Nc2ccc3cc2CCC2C=CC=C(C2)Nc2ncc(Cl)c(n2)N3)CC1. The van der Waals surface area contributed by atoms with Crippen LogP contribution in [0.5, 0.6) is 0 Å². The average molecular weight is 551 g/mol.